The molecule has 0 radical (unpaired) electrons. The van der Waals surface area contributed by atoms with Crippen LogP contribution in [0.4, 0.5) is 9.18 Å². The Bertz CT molecular complexity index is 791. The second kappa shape index (κ2) is 10.4. The number of rotatable bonds is 10. The molecule has 29 heavy (non-hydrogen) atoms. The van der Waals surface area contributed by atoms with Crippen molar-refractivity contribution in [2.24, 2.45) is 0 Å². The third-order valence-electron chi connectivity index (χ3n) is 4.93. The highest BCUT2D eigenvalue weighted by Crippen LogP contribution is 2.27. The van der Waals surface area contributed by atoms with Gasteiger partial charge in [0, 0.05) is 24.0 Å². The molecule has 1 aromatic carbocycles. The molecular weight excluding hydrogens is 389 g/mol. The van der Waals surface area contributed by atoms with Crippen LogP contribution in [-0.4, -0.2) is 40.9 Å². The number of nitrogens with zero attached hydrogens (tertiary/aromatic N) is 2. The first-order valence-electron chi connectivity index (χ1n) is 10.2. The van der Waals surface area contributed by atoms with Crippen LogP contribution < -0.4 is 5.32 Å². The van der Waals surface area contributed by atoms with Gasteiger partial charge < -0.3 is 15.1 Å². The number of carbonyl (C=O) groups is 2. The van der Waals surface area contributed by atoms with Crippen molar-refractivity contribution in [3.8, 4) is 0 Å². The van der Waals surface area contributed by atoms with Crippen LogP contribution in [0.2, 0.25) is 0 Å². The van der Waals surface area contributed by atoms with Crippen molar-refractivity contribution < 1.29 is 14.0 Å². The van der Waals surface area contributed by atoms with E-state index in [2.05, 4.69) is 12.2 Å². The van der Waals surface area contributed by atoms with E-state index in [1.807, 2.05) is 17.5 Å². The molecule has 1 aliphatic rings. The largest absolute Gasteiger partial charge is 0.338 e. The molecule has 7 heteroatoms. The zero-order valence-electron chi connectivity index (χ0n) is 16.8. The third-order valence-corrected chi connectivity index (χ3v) is 5.79. The fourth-order valence-corrected chi connectivity index (χ4v) is 3.82. The van der Waals surface area contributed by atoms with Gasteiger partial charge in [-0.2, -0.15) is 0 Å². The lowest BCUT2D eigenvalue weighted by atomic mass is 10.2. The van der Waals surface area contributed by atoms with E-state index in [0.29, 0.717) is 19.6 Å². The highest BCUT2D eigenvalue weighted by atomic mass is 32.1. The molecule has 5 nitrogen and oxygen atoms in total. The summed E-state index contributed by atoms with van der Waals surface area (Å²) in [7, 11) is 0. The molecule has 1 heterocycles. The number of amides is 3. The normalized spacial score (nSPS) is 13.2. The summed E-state index contributed by atoms with van der Waals surface area (Å²) in [5.41, 5.74) is 0.863. The number of hydrogen-bond acceptors (Lipinski definition) is 3. The molecule has 0 spiro atoms. The molecular formula is C22H28FN3O2S. The van der Waals surface area contributed by atoms with Crippen LogP contribution in [0.25, 0.3) is 0 Å². The Labute approximate surface area is 175 Å². The Morgan fingerprint density at radius 2 is 1.93 bits per heavy atom. The first kappa shape index (κ1) is 21.3. The summed E-state index contributed by atoms with van der Waals surface area (Å²) < 4.78 is 13.2. The highest BCUT2D eigenvalue weighted by molar-refractivity contribution is 7.09. The van der Waals surface area contributed by atoms with Crippen LogP contribution in [0.5, 0.6) is 0 Å². The second-order valence-corrected chi connectivity index (χ2v) is 8.43. The van der Waals surface area contributed by atoms with Crippen molar-refractivity contribution in [3.05, 3.63) is 58.0 Å². The maximum absolute atomic E-state index is 13.2. The minimum absolute atomic E-state index is 0.0647. The minimum Gasteiger partial charge on any atom is -0.338 e. The van der Waals surface area contributed by atoms with Crippen LogP contribution in [0.1, 0.15) is 43.0 Å². The van der Waals surface area contributed by atoms with Crippen molar-refractivity contribution in [2.75, 3.05) is 13.1 Å². The molecule has 1 aliphatic carbocycles. The summed E-state index contributed by atoms with van der Waals surface area (Å²) in [5.74, 6) is -0.395. The van der Waals surface area contributed by atoms with Crippen LogP contribution >= 0.6 is 11.3 Å². The van der Waals surface area contributed by atoms with E-state index < -0.39 is 0 Å². The van der Waals surface area contributed by atoms with E-state index in [4.69, 9.17) is 0 Å². The van der Waals surface area contributed by atoms with E-state index in [1.54, 1.807) is 33.3 Å². The lowest BCUT2D eigenvalue weighted by Gasteiger charge is -2.28. The number of unbranched alkanes of at least 4 members (excludes halogenated alkanes) is 1. The van der Waals surface area contributed by atoms with Crippen molar-refractivity contribution in [3.63, 3.8) is 0 Å². The van der Waals surface area contributed by atoms with Gasteiger partial charge in [0.25, 0.3) is 0 Å². The maximum atomic E-state index is 13.2. The summed E-state index contributed by atoms with van der Waals surface area (Å²) in [6.45, 7) is 3.62. The summed E-state index contributed by atoms with van der Waals surface area (Å²) in [4.78, 5) is 30.2. The molecule has 0 aliphatic heterocycles. The van der Waals surface area contributed by atoms with Gasteiger partial charge in [0.1, 0.15) is 12.4 Å². The van der Waals surface area contributed by atoms with E-state index in [1.165, 1.54) is 12.1 Å². The number of halogens is 1. The van der Waals surface area contributed by atoms with Crippen LogP contribution in [-0.2, 0) is 17.9 Å². The highest BCUT2D eigenvalue weighted by Gasteiger charge is 2.34. The molecule has 0 atom stereocenters. The zero-order valence-corrected chi connectivity index (χ0v) is 17.6. The van der Waals surface area contributed by atoms with Crippen molar-refractivity contribution in [1.82, 2.24) is 15.1 Å². The van der Waals surface area contributed by atoms with E-state index in [9.17, 15) is 14.0 Å². The molecule has 0 saturated heterocycles. The fourth-order valence-electron chi connectivity index (χ4n) is 3.11. The van der Waals surface area contributed by atoms with Crippen LogP contribution in [0.15, 0.2) is 41.8 Å². The second-order valence-electron chi connectivity index (χ2n) is 7.40. The molecule has 1 saturated carbocycles. The lowest BCUT2D eigenvalue weighted by molar-refractivity contribution is -0.133. The van der Waals surface area contributed by atoms with Crippen LogP contribution in [0.3, 0.4) is 0 Å². The predicted octanol–water partition coefficient (Wildman–Crippen LogP) is 4.39. The molecule has 1 N–H and O–H groups in total. The van der Waals surface area contributed by atoms with Crippen molar-refractivity contribution in [2.45, 2.75) is 51.7 Å². The summed E-state index contributed by atoms with van der Waals surface area (Å²) in [5, 5.41) is 4.91. The Morgan fingerprint density at radius 1 is 1.17 bits per heavy atom. The molecule has 1 aromatic heterocycles. The number of carbonyl (C=O) groups excluding carboxylic acids is 2. The fraction of sp³-hybridized carbons (Fsp3) is 0.455. The zero-order chi connectivity index (χ0) is 20.6. The first-order valence-corrected chi connectivity index (χ1v) is 11.0. The summed E-state index contributed by atoms with van der Waals surface area (Å²) >= 11 is 1.59. The molecule has 0 bridgehead atoms. The first-order chi connectivity index (χ1) is 14.1. The number of thiophene rings is 1. The standard InChI is InChI=1S/C22H28FN3O2S/c1-2-3-12-24-22(28)26(19-10-11-19)16-21(27)25(15-20-5-4-13-29-20)14-17-6-8-18(23)9-7-17/h4-9,13,19H,2-3,10-12,14-16H2,1H3,(H,24,28). The molecule has 1 fully saturated rings. The molecule has 3 rings (SSSR count). The lowest BCUT2D eigenvalue weighted by Crippen LogP contribution is -2.47. The average molecular weight is 418 g/mol. The number of nitrogens with one attached hydrogen (secondary N) is 1. The van der Waals surface area contributed by atoms with Gasteiger partial charge in [0.2, 0.25) is 5.91 Å². The quantitative estimate of drug-likeness (QED) is 0.583. The average Bonchev–Trinajstić information content (AvgIpc) is 3.42. The van der Waals surface area contributed by atoms with E-state index >= 15 is 0 Å². The third kappa shape index (κ3) is 6.56. The van der Waals surface area contributed by atoms with Gasteiger partial charge in [-0.3, -0.25) is 4.79 Å². The monoisotopic (exact) mass is 417 g/mol. The van der Waals surface area contributed by atoms with E-state index in [0.717, 1.165) is 36.1 Å². The Morgan fingerprint density at radius 3 is 2.55 bits per heavy atom. The molecule has 0 unspecified atom stereocenters. The van der Waals surface area contributed by atoms with E-state index in [-0.39, 0.29) is 30.3 Å². The Hall–Kier alpha value is -2.41. The molecule has 3 amide bonds. The van der Waals surface area contributed by atoms with Gasteiger partial charge in [-0.05, 0) is 48.4 Å². The predicted molar refractivity (Wildman–Crippen MR) is 113 cm³/mol. The van der Waals surface area contributed by atoms with Gasteiger partial charge in [0.15, 0.2) is 0 Å². The SMILES string of the molecule is CCCCNC(=O)N(CC(=O)N(Cc1ccc(F)cc1)Cc1cccs1)C1CC1. The number of benzene rings is 1. The van der Waals surface area contributed by atoms with Gasteiger partial charge in [-0.15, -0.1) is 11.3 Å². The van der Waals surface area contributed by atoms with Crippen molar-refractivity contribution in [1.29, 1.82) is 0 Å². The molecule has 156 valence electrons. The van der Waals surface area contributed by atoms with Crippen LogP contribution in [0, 0.1) is 5.82 Å². The summed E-state index contributed by atoms with van der Waals surface area (Å²) in [6, 6.07) is 10.1. The maximum Gasteiger partial charge on any atom is 0.318 e. The Balaban J connectivity index is 1.68. The number of urea groups is 1. The van der Waals surface area contributed by atoms with Gasteiger partial charge in [-0.25, -0.2) is 9.18 Å². The van der Waals surface area contributed by atoms with Crippen molar-refractivity contribution >= 4 is 23.3 Å². The van der Waals surface area contributed by atoms with Gasteiger partial charge >= 0.3 is 6.03 Å². The topological polar surface area (TPSA) is 52.7 Å². The Kier molecular flexibility index (Phi) is 7.63. The number of hydrogen-bond donors (Lipinski definition) is 1. The van der Waals surface area contributed by atoms with Gasteiger partial charge in [0.05, 0.1) is 6.54 Å². The van der Waals surface area contributed by atoms with Gasteiger partial charge in [-0.1, -0.05) is 31.5 Å². The summed E-state index contributed by atoms with van der Waals surface area (Å²) in [6.07, 6.45) is 3.82. The minimum atomic E-state index is -0.298. The molecule has 2 aromatic rings. The smallest absolute Gasteiger partial charge is 0.318 e.